The van der Waals surface area contributed by atoms with Crippen molar-refractivity contribution in [1.82, 2.24) is 19.9 Å². The molecule has 3 aromatic carbocycles. The molecule has 0 atom stereocenters. The Morgan fingerprint density at radius 2 is 0.413 bits per heavy atom. The quantitative estimate of drug-likeness (QED) is 0.0201. The van der Waals surface area contributed by atoms with E-state index in [-0.39, 0.29) is 47.8 Å². The number of H-pyrrole nitrogens is 3. The monoisotopic (exact) mass is 1460 g/mol. The molecular formula is C85H110F12N4O3. The molecule has 8 rings (SSSR count). The largest absolute Gasteiger partial charge is 0.487 e. The second-order valence-electron chi connectivity index (χ2n) is 28.4. The van der Waals surface area contributed by atoms with Gasteiger partial charge in [0.1, 0.15) is 0 Å². The van der Waals surface area contributed by atoms with Crippen molar-refractivity contribution in [3.8, 4) is 50.6 Å². The summed E-state index contributed by atoms with van der Waals surface area (Å²) in [6.07, 6.45) is 46.4. The van der Waals surface area contributed by atoms with E-state index in [1.165, 1.54) is 159 Å². The summed E-state index contributed by atoms with van der Waals surface area (Å²) in [5.41, 5.74) is -8.30. The van der Waals surface area contributed by atoms with Crippen LogP contribution in [-0.2, 0) is 0 Å². The van der Waals surface area contributed by atoms with Crippen LogP contribution in [0.25, 0.3) is 78.6 Å². The number of ether oxygens (including phenoxy) is 3. The summed E-state index contributed by atoms with van der Waals surface area (Å²) in [7, 11) is 0. The summed E-state index contributed by atoms with van der Waals surface area (Å²) in [6, 6.07) is 7.04. The van der Waals surface area contributed by atoms with Gasteiger partial charge in [0.25, 0.3) is 0 Å². The van der Waals surface area contributed by atoms with Gasteiger partial charge in [-0.2, -0.15) is 26.3 Å². The number of nitrogens with one attached hydrogen (secondary N) is 3. The molecule has 1 aliphatic rings. The van der Waals surface area contributed by atoms with Crippen molar-refractivity contribution in [1.29, 1.82) is 0 Å². The first-order valence-electron chi connectivity index (χ1n) is 39.5. The first-order valence-corrected chi connectivity index (χ1v) is 39.5. The number of nitrogens with zero attached hydrogens (tertiary/aromatic N) is 1. The van der Waals surface area contributed by atoms with Gasteiger partial charge in [-0.3, -0.25) is 0 Å². The van der Waals surface area contributed by atoms with Gasteiger partial charge in [0.15, 0.2) is 52.2 Å². The van der Waals surface area contributed by atoms with Gasteiger partial charge in [-0.25, -0.2) is 31.3 Å². The molecule has 19 heteroatoms. The molecule has 0 fully saturated rings. The van der Waals surface area contributed by atoms with Crippen molar-refractivity contribution in [2.24, 2.45) is 0 Å². The number of aromatic nitrogens is 4. The van der Waals surface area contributed by atoms with Crippen molar-refractivity contribution in [2.45, 2.75) is 290 Å². The Morgan fingerprint density at radius 3 is 0.663 bits per heavy atom. The zero-order valence-corrected chi connectivity index (χ0v) is 61.6. The highest BCUT2D eigenvalue weighted by Gasteiger charge is 2.34. The van der Waals surface area contributed by atoms with Gasteiger partial charge in [0.05, 0.1) is 53.4 Å². The van der Waals surface area contributed by atoms with Crippen molar-refractivity contribution < 1.29 is 66.9 Å². The summed E-state index contributed by atoms with van der Waals surface area (Å²) >= 11 is 0. The normalized spacial score (nSPS) is 12.0. The first-order chi connectivity index (χ1) is 50.6. The lowest BCUT2D eigenvalue weighted by Gasteiger charge is -2.14. The number of unbranched alkanes of at least 4 members (excludes halogenated alkanes) is 39. The maximum absolute atomic E-state index is 17.2. The smallest absolute Gasteiger partial charge is 0.204 e. The first kappa shape index (κ1) is 82.6. The molecule has 0 radical (unpaired) electrons. The van der Waals surface area contributed by atoms with E-state index in [9.17, 15) is 0 Å². The number of benzene rings is 3. The number of fused-ring (bicyclic) bond motifs is 9. The van der Waals surface area contributed by atoms with Crippen LogP contribution in [0.5, 0.6) is 17.2 Å². The van der Waals surface area contributed by atoms with Crippen LogP contribution in [0, 0.1) is 69.8 Å². The molecule has 4 aromatic heterocycles. The lowest BCUT2D eigenvalue weighted by Crippen LogP contribution is -2.08. The molecule has 0 saturated heterocycles. The van der Waals surface area contributed by atoms with Crippen LogP contribution in [0.4, 0.5) is 52.7 Å². The fourth-order valence-electron chi connectivity index (χ4n) is 14.2. The minimum atomic E-state index is -1.98. The number of aromatic amines is 3. The van der Waals surface area contributed by atoms with Gasteiger partial charge in [-0.15, -0.1) is 0 Å². The van der Waals surface area contributed by atoms with E-state index in [2.05, 4.69) is 40.7 Å². The summed E-state index contributed by atoms with van der Waals surface area (Å²) in [5, 5.41) is 0. The van der Waals surface area contributed by atoms with Crippen molar-refractivity contribution in [3.05, 3.63) is 118 Å². The van der Waals surface area contributed by atoms with E-state index >= 15 is 52.7 Å². The molecule has 5 heterocycles. The molecule has 572 valence electrons. The molecule has 1 aliphatic heterocycles. The van der Waals surface area contributed by atoms with Crippen LogP contribution in [0.2, 0.25) is 0 Å². The van der Waals surface area contributed by atoms with Crippen molar-refractivity contribution in [3.63, 3.8) is 0 Å². The highest BCUT2D eigenvalue weighted by atomic mass is 19.2. The molecule has 104 heavy (non-hydrogen) atoms. The van der Waals surface area contributed by atoms with E-state index in [4.69, 9.17) is 14.2 Å². The standard InChI is InChI=1S/C85H110F12N4O3/c1-4-7-10-13-16-19-22-25-28-31-34-37-40-43-54-102-83-77(92)71(86)68(72(87)78(83)93)65-59-48-46-57(98-59)58-47-49-60(99-58)66(69-73(88)79(94)84(80(95)74(69)89)103-55-44-41-38-35-32-29-26-23-20-17-14-11-8-5-2)62-51-53-64(101-62)67(63-52-50-61(65)100-63)70-75(90)81(96)85(82(97)76(70)91)104-56-45-42-39-36-33-30-27-24-21-18-15-12-9-6-3/h46-53,98,100-101H,4-45,54-56H2,1-3H3. The zero-order chi connectivity index (χ0) is 74.2. The highest BCUT2D eigenvalue weighted by molar-refractivity contribution is 6.01. The summed E-state index contributed by atoms with van der Waals surface area (Å²) in [5.74, 6) is -26.9. The Labute approximate surface area is 607 Å². The van der Waals surface area contributed by atoms with Gasteiger partial charge in [0.2, 0.25) is 34.9 Å². The molecule has 0 unspecified atom stereocenters. The maximum Gasteiger partial charge on any atom is 0.204 e. The van der Waals surface area contributed by atoms with Gasteiger partial charge < -0.3 is 29.2 Å². The lowest BCUT2D eigenvalue weighted by atomic mass is 10.0. The van der Waals surface area contributed by atoms with E-state index < -0.39 is 137 Å². The topological polar surface area (TPSA) is 87.9 Å². The fraction of sp³-hybridized carbons (Fsp3) is 0.565. The Morgan fingerprint density at radius 1 is 0.221 bits per heavy atom. The maximum atomic E-state index is 17.2. The van der Waals surface area contributed by atoms with E-state index in [0.29, 0.717) is 38.5 Å². The number of rotatable bonds is 51. The summed E-state index contributed by atoms with van der Waals surface area (Å²) in [4.78, 5) is 13.1. The Balaban J connectivity index is 1.11. The van der Waals surface area contributed by atoms with E-state index in [0.717, 1.165) is 121 Å². The Kier molecular flexibility index (Phi) is 35.1. The molecule has 0 spiro atoms. The molecule has 7 aromatic rings. The third-order valence-corrected chi connectivity index (χ3v) is 20.2. The molecule has 7 nitrogen and oxygen atoms in total. The Bertz CT molecular complexity index is 3880. The lowest BCUT2D eigenvalue weighted by molar-refractivity contribution is 0.264. The molecule has 0 saturated carbocycles. The van der Waals surface area contributed by atoms with Crippen LogP contribution in [0.1, 0.15) is 302 Å². The molecule has 8 bridgehead atoms. The SMILES string of the molecule is CCCCCCCCCCCCCCCCOc1c(F)c(F)c(-c2c3nc(c4ccc([nH]4)c(-c4c(F)c(F)c(OCCCCCCCCCCCCCCCC)c(F)c4F)c4ccc([nH]4)c(-c4c(F)c(F)c(OCCCCCCCCCCCCCCCC)c(F)c4F)c4ccc2[nH]4)C=C3)c(F)c1F. The van der Waals surface area contributed by atoms with Crippen molar-refractivity contribution in [2.75, 3.05) is 19.8 Å². The molecular weight excluding hydrogens is 1350 g/mol. The number of hydrogen-bond donors (Lipinski definition) is 3. The predicted octanol–water partition coefficient (Wildman–Crippen LogP) is 28.9. The van der Waals surface area contributed by atoms with Gasteiger partial charge in [-0.05, 0) is 67.8 Å². The third-order valence-electron chi connectivity index (χ3n) is 20.2. The van der Waals surface area contributed by atoms with Gasteiger partial charge in [0, 0.05) is 44.3 Å². The second-order valence-corrected chi connectivity index (χ2v) is 28.4. The van der Waals surface area contributed by atoms with Gasteiger partial charge >= 0.3 is 0 Å². The summed E-state index contributed by atoms with van der Waals surface area (Å²) < 4.78 is 218. The van der Waals surface area contributed by atoms with Crippen LogP contribution < -0.4 is 14.2 Å². The Hall–Kier alpha value is -7.05. The van der Waals surface area contributed by atoms with Crippen LogP contribution in [-0.4, -0.2) is 39.8 Å². The van der Waals surface area contributed by atoms with Crippen LogP contribution in [0.15, 0.2) is 36.4 Å². The predicted molar refractivity (Wildman–Crippen MR) is 398 cm³/mol. The minimum absolute atomic E-state index is 0.0337. The van der Waals surface area contributed by atoms with E-state index in [1.54, 1.807) is 0 Å². The molecule has 3 N–H and O–H groups in total. The average Bonchev–Trinajstić information content (AvgIpc) is 1.57. The zero-order valence-electron chi connectivity index (χ0n) is 61.6. The van der Waals surface area contributed by atoms with Crippen molar-refractivity contribution >= 4 is 45.3 Å². The van der Waals surface area contributed by atoms with Crippen LogP contribution in [0.3, 0.4) is 0 Å². The second kappa shape index (κ2) is 44.2. The average molecular weight is 1460 g/mol. The molecule has 0 aliphatic carbocycles. The number of halogens is 12. The molecule has 0 amide bonds. The fourth-order valence-corrected chi connectivity index (χ4v) is 14.2. The number of hydrogen-bond acceptors (Lipinski definition) is 4. The van der Waals surface area contributed by atoms with E-state index in [1.807, 2.05) is 0 Å². The van der Waals surface area contributed by atoms with Crippen LogP contribution >= 0.6 is 0 Å². The highest BCUT2D eigenvalue weighted by Crippen LogP contribution is 2.45. The minimum Gasteiger partial charge on any atom is -0.487 e. The van der Waals surface area contributed by atoms with Gasteiger partial charge in [-0.1, -0.05) is 271 Å². The summed E-state index contributed by atoms with van der Waals surface area (Å²) in [6.45, 7) is 5.74. The third kappa shape index (κ3) is 22.7.